The number of carbonyl (C=O) groups excluding carboxylic acids is 2. The van der Waals surface area contributed by atoms with Crippen LogP contribution in [0.4, 0.5) is 5.00 Å². The number of para-hydroxylation sites is 1. The van der Waals surface area contributed by atoms with Crippen LogP contribution in [-0.4, -0.2) is 23.5 Å². The first-order valence-corrected chi connectivity index (χ1v) is 13.0. The van der Waals surface area contributed by atoms with Crippen LogP contribution in [0.15, 0.2) is 77.5 Å². The van der Waals surface area contributed by atoms with Crippen LogP contribution in [0.1, 0.15) is 27.6 Å². The fraction of sp³-hybridized carbons (Fsp3) is 0.0741. The number of esters is 1. The topological polar surface area (TPSA) is 68.3 Å². The van der Waals surface area contributed by atoms with Crippen LogP contribution in [0.2, 0.25) is 5.02 Å². The van der Waals surface area contributed by atoms with Gasteiger partial charge in [-0.2, -0.15) is 0 Å². The smallest absolute Gasteiger partial charge is 0.341 e. The Hall–Kier alpha value is -3.52. The highest BCUT2D eigenvalue weighted by atomic mass is 35.5. The van der Waals surface area contributed by atoms with Crippen molar-refractivity contribution >= 4 is 62.1 Å². The van der Waals surface area contributed by atoms with Crippen LogP contribution in [-0.2, 0) is 4.74 Å². The standard InChI is InChI=1S/C27H19ClN2O3S2/c1-2-33-27(32)24-19(16-8-3-5-10-20(16)28)15-35-26(24)30-25(31)18-14-22(23-12-7-13-34-23)29-21-11-6-4-9-17(18)21/h3-15H,2H2,1H3,(H,30,31). The zero-order chi connectivity index (χ0) is 24.4. The van der Waals surface area contributed by atoms with Crippen LogP contribution < -0.4 is 5.32 Å². The molecule has 1 N–H and O–H groups in total. The molecule has 0 saturated heterocycles. The summed E-state index contributed by atoms with van der Waals surface area (Å²) in [6.07, 6.45) is 0. The Morgan fingerprint density at radius 3 is 2.57 bits per heavy atom. The molecule has 5 nitrogen and oxygen atoms in total. The van der Waals surface area contributed by atoms with E-state index in [1.165, 1.54) is 11.3 Å². The van der Waals surface area contributed by atoms with E-state index < -0.39 is 5.97 Å². The molecule has 3 aromatic heterocycles. The van der Waals surface area contributed by atoms with Gasteiger partial charge in [-0.3, -0.25) is 4.79 Å². The summed E-state index contributed by atoms with van der Waals surface area (Å²) in [5.41, 5.74) is 3.52. The SMILES string of the molecule is CCOC(=O)c1c(-c2ccccc2Cl)csc1NC(=O)c1cc(-c2cccs2)nc2ccccc12. The molecule has 1 amide bonds. The van der Waals surface area contributed by atoms with E-state index in [4.69, 9.17) is 21.3 Å². The largest absolute Gasteiger partial charge is 0.462 e. The number of hydrogen-bond acceptors (Lipinski definition) is 6. The Kier molecular flexibility index (Phi) is 6.63. The average Bonchev–Trinajstić information content (AvgIpc) is 3.54. The molecular formula is C27H19ClN2O3S2. The van der Waals surface area contributed by atoms with Gasteiger partial charge in [0, 0.05) is 26.9 Å². The molecular weight excluding hydrogens is 500 g/mol. The van der Waals surface area contributed by atoms with Gasteiger partial charge in [0.2, 0.25) is 0 Å². The molecule has 8 heteroatoms. The van der Waals surface area contributed by atoms with Gasteiger partial charge in [0.1, 0.15) is 10.6 Å². The molecule has 0 bridgehead atoms. The second-order valence-corrected chi connectivity index (χ2v) is 9.79. The van der Waals surface area contributed by atoms with Gasteiger partial charge in [0.15, 0.2) is 0 Å². The van der Waals surface area contributed by atoms with Crippen LogP contribution >= 0.6 is 34.3 Å². The van der Waals surface area contributed by atoms with Crippen molar-refractivity contribution in [2.24, 2.45) is 0 Å². The van der Waals surface area contributed by atoms with E-state index in [0.717, 1.165) is 21.5 Å². The molecule has 0 radical (unpaired) electrons. The molecule has 0 saturated carbocycles. The van der Waals surface area contributed by atoms with E-state index in [2.05, 4.69) is 5.32 Å². The monoisotopic (exact) mass is 518 g/mol. The maximum absolute atomic E-state index is 13.6. The Balaban J connectivity index is 1.59. The molecule has 0 unspecified atom stereocenters. The predicted octanol–water partition coefficient (Wildman–Crippen LogP) is 7.77. The lowest BCUT2D eigenvalue weighted by Gasteiger charge is -2.11. The minimum atomic E-state index is -0.516. The number of benzene rings is 2. The normalized spacial score (nSPS) is 10.9. The number of nitrogens with one attached hydrogen (secondary N) is 1. The van der Waals surface area contributed by atoms with Gasteiger partial charge in [-0.15, -0.1) is 22.7 Å². The lowest BCUT2D eigenvalue weighted by Crippen LogP contribution is -2.15. The zero-order valence-corrected chi connectivity index (χ0v) is 21.0. The molecule has 0 aliphatic carbocycles. The molecule has 174 valence electrons. The van der Waals surface area contributed by atoms with E-state index in [0.29, 0.717) is 26.7 Å². The first kappa shape index (κ1) is 23.2. The number of nitrogens with zero attached hydrogens (tertiary/aromatic N) is 1. The van der Waals surface area contributed by atoms with Crippen molar-refractivity contribution in [3.63, 3.8) is 0 Å². The van der Waals surface area contributed by atoms with E-state index >= 15 is 0 Å². The number of halogens is 1. The van der Waals surface area contributed by atoms with Crippen LogP contribution in [0, 0.1) is 0 Å². The van der Waals surface area contributed by atoms with Gasteiger partial charge in [0.05, 0.1) is 28.3 Å². The van der Waals surface area contributed by atoms with Crippen molar-refractivity contribution in [2.45, 2.75) is 6.92 Å². The third kappa shape index (κ3) is 4.58. The summed E-state index contributed by atoms with van der Waals surface area (Å²) in [6, 6.07) is 20.5. The second kappa shape index (κ2) is 10.00. The first-order valence-electron chi connectivity index (χ1n) is 10.9. The summed E-state index contributed by atoms with van der Waals surface area (Å²) in [5, 5.41) is 8.37. The molecule has 2 aromatic carbocycles. The maximum atomic E-state index is 13.6. The predicted molar refractivity (Wildman–Crippen MR) is 144 cm³/mol. The summed E-state index contributed by atoms with van der Waals surface area (Å²) in [5.74, 6) is -0.850. The number of anilines is 1. The van der Waals surface area contributed by atoms with Gasteiger partial charge >= 0.3 is 5.97 Å². The van der Waals surface area contributed by atoms with Gasteiger partial charge in [-0.1, -0.05) is 54.1 Å². The third-order valence-corrected chi connectivity index (χ3v) is 7.51. The van der Waals surface area contributed by atoms with E-state index in [1.54, 1.807) is 30.4 Å². The lowest BCUT2D eigenvalue weighted by atomic mass is 10.0. The Morgan fingerprint density at radius 2 is 1.80 bits per heavy atom. The molecule has 0 fully saturated rings. The quantitative estimate of drug-likeness (QED) is 0.233. The van der Waals surface area contributed by atoms with Gasteiger partial charge in [0.25, 0.3) is 5.91 Å². The van der Waals surface area contributed by atoms with E-state index in [-0.39, 0.29) is 18.1 Å². The Bertz CT molecular complexity index is 1540. The van der Waals surface area contributed by atoms with E-state index in [9.17, 15) is 9.59 Å². The third-order valence-electron chi connectivity index (χ3n) is 5.40. The molecule has 0 aliphatic rings. The van der Waals surface area contributed by atoms with Gasteiger partial charge in [-0.25, -0.2) is 9.78 Å². The highest BCUT2D eigenvalue weighted by molar-refractivity contribution is 7.15. The minimum absolute atomic E-state index is 0.212. The molecule has 3 heterocycles. The number of ether oxygens (including phenoxy) is 1. The van der Waals surface area contributed by atoms with Crippen molar-refractivity contribution in [1.29, 1.82) is 0 Å². The molecule has 0 spiro atoms. The molecule has 5 rings (SSSR count). The zero-order valence-electron chi connectivity index (χ0n) is 18.6. The molecule has 35 heavy (non-hydrogen) atoms. The molecule has 5 aromatic rings. The number of carbonyl (C=O) groups is 2. The fourth-order valence-corrected chi connectivity index (χ4v) is 5.68. The van der Waals surface area contributed by atoms with E-state index in [1.807, 2.05) is 65.4 Å². The summed E-state index contributed by atoms with van der Waals surface area (Å²) in [6.45, 7) is 1.95. The summed E-state index contributed by atoms with van der Waals surface area (Å²) in [7, 11) is 0. The summed E-state index contributed by atoms with van der Waals surface area (Å²) < 4.78 is 5.32. The first-order chi connectivity index (χ1) is 17.1. The van der Waals surface area contributed by atoms with Crippen molar-refractivity contribution in [3.05, 3.63) is 93.6 Å². The Morgan fingerprint density at radius 1 is 1.00 bits per heavy atom. The van der Waals surface area contributed by atoms with Crippen LogP contribution in [0.3, 0.4) is 0 Å². The highest BCUT2D eigenvalue weighted by Crippen LogP contribution is 2.39. The molecule has 0 atom stereocenters. The summed E-state index contributed by atoms with van der Waals surface area (Å²) in [4.78, 5) is 32.2. The lowest BCUT2D eigenvalue weighted by molar-refractivity contribution is 0.0529. The number of fused-ring (bicyclic) bond motifs is 1. The fourth-order valence-electron chi connectivity index (χ4n) is 3.82. The number of thiophene rings is 2. The van der Waals surface area contributed by atoms with Crippen molar-refractivity contribution < 1.29 is 14.3 Å². The van der Waals surface area contributed by atoms with Gasteiger partial charge < -0.3 is 10.1 Å². The van der Waals surface area contributed by atoms with Crippen molar-refractivity contribution in [1.82, 2.24) is 4.98 Å². The number of pyridine rings is 1. The maximum Gasteiger partial charge on any atom is 0.341 e. The average molecular weight is 519 g/mol. The van der Waals surface area contributed by atoms with Crippen molar-refractivity contribution in [2.75, 3.05) is 11.9 Å². The van der Waals surface area contributed by atoms with Gasteiger partial charge in [-0.05, 0) is 36.6 Å². The van der Waals surface area contributed by atoms with Crippen LogP contribution in [0.5, 0.6) is 0 Å². The van der Waals surface area contributed by atoms with Crippen LogP contribution in [0.25, 0.3) is 32.6 Å². The summed E-state index contributed by atoms with van der Waals surface area (Å²) >= 11 is 9.23. The Labute approximate surface area is 215 Å². The minimum Gasteiger partial charge on any atom is -0.462 e. The number of rotatable bonds is 6. The number of hydrogen-bond donors (Lipinski definition) is 1. The van der Waals surface area contributed by atoms with Crippen molar-refractivity contribution in [3.8, 4) is 21.7 Å². The number of aromatic nitrogens is 1. The highest BCUT2D eigenvalue weighted by Gasteiger charge is 2.25. The number of amides is 1. The second-order valence-electron chi connectivity index (χ2n) is 7.56. The molecule has 0 aliphatic heterocycles.